The molecule has 0 atom stereocenters. The first-order chi connectivity index (χ1) is 5.61. The van der Waals surface area contributed by atoms with Crippen molar-refractivity contribution in [2.45, 2.75) is 27.2 Å². The summed E-state index contributed by atoms with van der Waals surface area (Å²) < 4.78 is 25.2. The van der Waals surface area contributed by atoms with Gasteiger partial charge in [-0.3, -0.25) is 4.68 Å². The average molecular weight is 176 g/mol. The SMILES string of the molecule is CC.Cc1cc(C(F)F)nn1C. The molecule has 1 aromatic rings. The van der Waals surface area contributed by atoms with Crippen LogP contribution in [0.3, 0.4) is 0 Å². The highest BCUT2D eigenvalue weighted by Gasteiger charge is 2.10. The van der Waals surface area contributed by atoms with E-state index in [0.29, 0.717) is 0 Å². The van der Waals surface area contributed by atoms with Crippen molar-refractivity contribution < 1.29 is 8.78 Å². The van der Waals surface area contributed by atoms with Crippen molar-refractivity contribution in [1.29, 1.82) is 0 Å². The summed E-state index contributed by atoms with van der Waals surface area (Å²) in [4.78, 5) is 0. The molecule has 0 radical (unpaired) electrons. The van der Waals surface area contributed by atoms with Gasteiger partial charge in [-0.1, -0.05) is 13.8 Å². The number of nitrogens with zero attached hydrogens (tertiary/aromatic N) is 2. The molecule has 1 heterocycles. The van der Waals surface area contributed by atoms with Crippen molar-refractivity contribution in [3.63, 3.8) is 0 Å². The quantitative estimate of drug-likeness (QED) is 0.643. The maximum absolute atomic E-state index is 11.9. The van der Waals surface area contributed by atoms with E-state index in [-0.39, 0.29) is 5.69 Å². The average Bonchev–Trinajstić information content (AvgIpc) is 2.36. The van der Waals surface area contributed by atoms with Crippen LogP contribution < -0.4 is 0 Å². The summed E-state index contributed by atoms with van der Waals surface area (Å²) in [6, 6.07) is 1.38. The van der Waals surface area contributed by atoms with Gasteiger partial charge in [-0.2, -0.15) is 5.10 Å². The van der Waals surface area contributed by atoms with E-state index in [4.69, 9.17) is 0 Å². The van der Waals surface area contributed by atoms with Crippen LogP contribution in [0, 0.1) is 6.92 Å². The first kappa shape index (κ1) is 11.1. The molecular weight excluding hydrogens is 162 g/mol. The van der Waals surface area contributed by atoms with Crippen LogP contribution in [0.5, 0.6) is 0 Å². The second-order valence-corrected chi connectivity index (χ2v) is 2.13. The van der Waals surface area contributed by atoms with Gasteiger partial charge >= 0.3 is 0 Å². The summed E-state index contributed by atoms with van der Waals surface area (Å²) in [6.07, 6.45) is -2.46. The van der Waals surface area contributed by atoms with Crippen LogP contribution in [0.15, 0.2) is 6.07 Å². The summed E-state index contributed by atoms with van der Waals surface area (Å²) in [7, 11) is 1.64. The van der Waals surface area contributed by atoms with Gasteiger partial charge in [-0.25, -0.2) is 8.78 Å². The molecule has 0 N–H and O–H groups in total. The van der Waals surface area contributed by atoms with Crippen molar-refractivity contribution in [2.75, 3.05) is 0 Å². The van der Waals surface area contributed by atoms with Crippen molar-refractivity contribution >= 4 is 0 Å². The smallest absolute Gasteiger partial charge is 0.272 e. The molecule has 0 aliphatic rings. The molecule has 12 heavy (non-hydrogen) atoms. The molecule has 0 unspecified atom stereocenters. The third-order valence-electron chi connectivity index (χ3n) is 1.36. The summed E-state index contributed by atoms with van der Waals surface area (Å²) in [5.74, 6) is 0. The van der Waals surface area contributed by atoms with Crippen LogP contribution in [-0.4, -0.2) is 9.78 Å². The number of hydrogen-bond acceptors (Lipinski definition) is 1. The van der Waals surface area contributed by atoms with Gasteiger partial charge in [-0.15, -0.1) is 0 Å². The number of hydrogen-bond donors (Lipinski definition) is 0. The molecular formula is C8H14F2N2. The summed E-state index contributed by atoms with van der Waals surface area (Å²) in [5.41, 5.74) is 0.593. The predicted molar refractivity (Wildman–Crippen MR) is 44.3 cm³/mol. The number of rotatable bonds is 1. The molecule has 70 valence electrons. The van der Waals surface area contributed by atoms with Crippen molar-refractivity contribution in [2.24, 2.45) is 7.05 Å². The Kier molecular flexibility index (Phi) is 4.47. The molecule has 1 rings (SSSR count). The Labute approximate surface area is 71.2 Å². The van der Waals surface area contributed by atoms with Gasteiger partial charge in [-0.05, 0) is 13.0 Å². The van der Waals surface area contributed by atoms with Crippen molar-refractivity contribution in [3.8, 4) is 0 Å². The van der Waals surface area contributed by atoms with Crippen molar-refractivity contribution in [3.05, 3.63) is 17.5 Å². The van der Waals surface area contributed by atoms with Gasteiger partial charge in [0.1, 0.15) is 5.69 Å². The second-order valence-electron chi connectivity index (χ2n) is 2.13. The standard InChI is InChI=1S/C6H8F2N2.C2H6/c1-4-3-5(6(7)8)9-10(4)2;1-2/h3,6H,1-2H3;1-2H3. The lowest BCUT2D eigenvalue weighted by molar-refractivity contribution is 0.145. The Balaban J connectivity index is 0.000000561. The minimum absolute atomic E-state index is 0.153. The molecule has 0 aliphatic carbocycles. The van der Waals surface area contributed by atoms with Crippen LogP contribution in [0.4, 0.5) is 8.78 Å². The van der Waals surface area contributed by atoms with E-state index < -0.39 is 6.43 Å². The largest absolute Gasteiger partial charge is 0.282 e. The summed E-state index contributed by atoms with van der Waals surface area (Å²) in [6.45, 7) is 5.74. The predicted octanol–water partition coefficient (Wildman–Crippen LogP) is 2.69. The highest BCUT2D eigenvalue weighted by molar-refractivity contribution is 5.08. The molecule has 0 amide bonds. The Hall–Kier alpha value is -0.930. The van der Waals surface area contributed by atoms with Crippen LogP contribution in [0.25, 0.3) is 0 Å². The van der Waals surface area contributed by atoms with Crippen molar-refractivity contribution in [1.82, 2.24) is 9.78 Å². The molecule has 0 saturated heterocycles. The molecule has 2 nitrogen and oxygen atoms in total. The first-order valence-electron chi connectivity index (χ1n) is 3.90. The highest BCUT2D eigenvalue weighted by Crippen LogP contribution is 2.16. The van der Waals surface area contributed by atoms with Crippen LogP contribution in [-0.2, 0) is 7.05 Å². The fraction of sp³-hybridized carbons (Fsp3) is 0.625. The van der Waals surface area contributed by atoms with E-state index in [1.807, 2.05) is 13.8 Å². The van der Waals surface area contributed by atoms with Gasteiger partial charge in [0.05, 0.1) is 0 Å². The van der Waals surface area contributed by atoms with Gasteiger partial charge in [0.2, 0.25) is 0 Å². The number of halogens is 2. The number of aryl methyl sites for hydroxylation is 2. The fourth-order valence-corrected chi connectivity index (χ4v) is 0.695. The monoisotopic (exact) mass is 176 g/mol. The zero-order chi connectivity index (χ0) is 9.72. The van der Waals surface area contributed by atoms with Gasteiger partial charge < -0.3 is 0 Å². The zero-order valence-electron chi connectivity index (χ0n) is 7.81. The highest BCUT2D eigenvalue weighted by atomic mass is 19.3. The summed E-state index contributed by atoms with van der Waals surface area (Å²) in [5, 5.41) is 3.58. The summed E-state index contributed by atoms with van der Waals surface area (Å²) >= 11 is 0. The molecule has 0 aromatic carbocycles. The number of aromatic nitrogens is 2. The van der Waals surface area contributed by atoms with Gasteiger partial charge in [0, 0.05) is 12.7 Å². The minimum atomic E-state index is -2.46. The lowest BCUT2D eigenvalue weighted by Crippen LogP contribution is -1.93. The second kappa shape index (κ2) is 4.85. The van der Waals surface area contributed by atoms with Crippen LogP contribution in [0.1, 0.15) is 31.7 Å². The lowest BCUT2D eigenvalue weighted by Gasteiger charge is -1.89. The molecule has 0 bridgehead atoms. The zero-order valence-corrected chi connectivity index (χ0v) is 7.81. The molecule has 0 aliphatic heterocycles. The van der Waals surface area contributed by atoms with Gasteiger partial charge in [0.15, 0.2) is 0 Å². The molecule has 0 fully saturated rings. The molecule has 0 spiro atoms. The molecule has 4 heteroatoms. The lowest BCUT2D eigenvalue weighted by atomic mass is 10.4. The number of alkyl halides is 2. The van der Waals surface area contributed by atoms with E-state index in [1.165, 1.54) is 10.7 Å². The fourth-order valence-electron chi connectivity index (χ4n) is 0.695. The molecule has 0 saturated carbocycles. The first-order valence-corrected chi connectivity index (χ1v) is 3.90. The van der Waals surface area contributed by atoms with E-state index >= 15 is 0 Å². The van der Waals surface area contributed by atoms with E-state index in [1.54, 1.807) is 14.0 Å². The van der Waals surface area contributed by atoms with Gasteiger partial charge in [0.25, 0.3) is 6.43 Å². The minimum Gasteiger partial charge on any atom is -0.272 e. The third kappa shape index (κ3) is 2.60. The topological polar surface area (TPSA) is 17.8 Å². The Bertz CT molecular complexity index is 211. The maximum Gasteiger partial charge on any atom is 0.282 e. The molecule has 1 aromatic heterocycles. The Morgan fingerprint density at radius 2 is 1.92 bits per heavy atom. The maximum atomic E-state index is 11.9. The van der Waals surface area contributed by atoms with E-state index in [2.05, 4.69) is 5.10 Å². The van der Waals surface area contributed by atoms with Crippen LogP contribution in [0.2, 0.25) is 0 Å². The Morgan fingerprint density at radius 1 is 1.42 bits per heavy atom. The normalized spacial score (nSPS) is 9.58. The van der Waals surface area contributed by atoms with E-state index in [0.717, 1.165) is 5.69 Å². The third-order valence-corrected chi connectivity index (χ3v) is 1.36. The van der Waals surface area contributed by atoms with Crippen LogP contribution >= 0.6 is 0 Å². The van der Waals surface area contributed by atoms with E-state index in [9.17, 15) is 8.78 Å². The Morgan fingerprint density at radius 3 is 2.08 bits per heavy atom.